The number of nitrogens with zero attached hydrogens (tertiary/aromatic N) is 8. The fraction of sp³-hybridized carbons (Fsp3) is 0.542. The topological polar surface area (TPSA) is 102 Å². The van der Waals surface area contributed by atoms with Gasteiger partial charge >= 0.3 is 6.09 Å². The Hall–Kier alpha value is -3.61. The first kappa shape index (κ1) is 25.1. The number of para-hydroxylation sites is 2. The Morgan fingerprint density at radius 1 is 0.892 bits per heavy atom. The molecule has 2 aromatic heterocycles. The molecule has 2 aliphatic heterocycles. The van der Waals surface area contributed by atoms with Crippen LogP contribution in [0.2, 0.25) is 0 Å². The second-order valence-electron chi connectivity index (χ2n) is 9.88. The van der Waals surface area contributed by atoms with Crippen LogP contribution >= 0.6 is 0 Å². The van der Waals surface area contributed by atoms with Crippen LogP contribution < -0.4 is 9.80 Å². The molecular weight excluding hydrogens is 486 g/mol. The van der Waals surface area contributed by atoms with Gasteiger partial charge in [-0.25, -0.2) is 18.6 Å². The van der Waals surface area contributed by atoms with Gasteiger partial charge in [-0.1, -0.05) is 12.1 Å². The first-order valence-corrected chi connectivity index (χ1v) is 12.3. The number of hydrogen-bond donors (Lipinski definition) is 0. The maximum absolute atomic E-state index is 14.1. The van der Waals surface area contributed by atoms with Gasteiger partial charge < -0.3 is 24.2 Å². The third-order valence-electron chi connectivity index (χ3n) is 6.09. The highest BCUT2D eigenvalue weighted by atomic mass is 19.3. The Morgan fingerprint density at radius 3 is 2.11 bits per heavy atom. The zero-order chi connectivity index (χ0) is 26.2. The van der Waals surface area contributed by atoms with Crippen LogP contribution in [0.5, 0.6) is 0 Å². The van der Waals surface area contributed by atoms with Gasteiger partial charge in [0.15, 0.2) is 5.82 Å². The number of aromatic nitrogens is 5. The van der Waals surface area contributed by atoms with Gasteiger partial charge in [-0.3, -0.25) is 4.57 Å². The minimum Gasteiger partial charge on any atom is -0.444 e. The first-order valence-electron chi connectivity index (χ1n) is 12.3. The Labute approximate surface area is 213 Å². The molecule has 13 heteroatoms. The number of carbonyl (C=O) groups is 1. The molecule has 4 heterocycles. The Morgan fingerprint density at radius 2 is 1.49 bits per heavy atom. The van der Waals surface area contributed by atoms with Crippen LogP contribution in [0.1, 0.15) is 33.0 Å². The molecule has 1 aromatic carbocycles. The highest BCUT2D eigenvalue weighted by Gasteiger charge is 2.29. The summed E-state index contributed by atoms with van der Waals surface area (Å²) in [7, 11) is 0. The highest BCUT2D eigenvalue weighted by molar-refractivity contribution is 5.77. The molecule has 0 aliphatic carbocycles. The van der Waals surface area contributed by atoms with Gasteiger partial charge in [0.25, 0.3) is 6.43 Å². The largest absolute Gasteiger partial charge is 0.444 e. The van der Waals surface area contributed by atoms with Gasteiger partial charge in [-0.2, -0.15) is 15.0 Å². The second kappa shape index (κ2) is 10.0. The summed E-state index contributed by atoms with van der Waals surface area (Å²) in [5, 5.41) is 0. The fourth-order valence-corrected chi connectivity index (χ4v) is 4.31. The number of amides is 1. The van der Waals surface area contributed by atoms with Crippen LogP contribution in [-0.2, 0) is 9.47 Å². The number of anilines is 2. The smallest absolute Gasteiger partial charge is 0.410 e. The number of rotatable bonds is 4. The summed E-state index contributed by atoms with van der Waals surface area (Å²) in [5.74, 6) is 0.385. The maximum Gasteiger partial charge on any atom is 0.410 e. The predicted molar refractivity (Wildman–Crippen MR) is 132 cm³/mol. The van der Waals surface area contributed by atoms with Crippen molar-refractivity contribution >= 4 is 29.0 Å². The Kier molecular flexibility index (Phi) is 6.80. The van der Waals surface area contributed by atoms with Gasteiger partial charge in [0.05, 0.1) is 24.2 Å². The lowest BCUT2D eigenvalue weighted by atomic mass is 10.2. The number of hydrogen-bond acceptors (Lipinski definition) is 9. The van der Waals surface area contributed by atoms with Crippen LogP contribution in [0.4, 0.5) is 25.5 Å². The van der Waals surface area contributed by atoms with Crippen LogP contribution in [0.3, 0.4) is 0 Å². The van der Waals surface area contributed by atoms with E-state index < -0.39 is 17.9 Å². The van der Waals surface area contributed by atoms with Crippen molar-refractivity contribution in [3.05, 3.63) is 30.1 Å². The number of halogens is 2. The van der Waals surface area contributed by atoms with Crippen molar-refractivity contribution in [3.63, 3.8) is 0 Å². The summed E-state index contributed by atoms with van der Waals surface area (Å²) in [5.41, 5.74) is 0.330. The maximum atomic E-state index is 14.1. The lowest BCUT2D eigenvalue weighted by Gasteiger charge is -2.36. The molecule has 0 N–H and O–H groups in total. The number of carbonyl (C=O) groups excluding carboxylic acids is 1. The molecule has 0 bridgehead atoms. The summed E-state index contributed by atoms with van der Waals surface area (Å²) in [4.78, 5) is 36.1. The van der Waals surface area contributed by atoms with Crippen molar-refractivity contribution in [2.75, 3.05) is 62.3 Å². The van der Waals surface area contributed by atoms with Crippen molar-refractivity contribution in [2.24, 2.45) is 0 Å². The van der Waals surface area contributed by atoms with Crippen molar-refractivity contribution < 1.29 is 23.0 Å². The molecule has 0 unspecified atom stereocenters. The number of piperazine rings is 1. The quantitative estimate of drug-likeness (QED) is 0.518. The van der Waals surface area contributed by atoms with E-state index in [1.807, 2.05) is 30.6 Å². The van der Waals surface area contributed by atoms with Crippen LogP contribution in [0, 0.1) is 0 Å². The van der Waals surface area contributed by atoms with E-state index in [0.29, 0.717) is 75.4 Å². The average Bonchev–Trinajstić information content (AvgIpc) is 3.28. The van der Waals surface area contributed by atoms with Gasteiger partial charge in [0.2, 0.25) is 17.8 Å². The van der Waals surface area contributed by atoms with Crippen molar-refractivity contribution in [3.8, 4) is 5.95 Å². The van der Waals surface area contributed by atoms with E-state index in [-0.39, 0.29) is 12.0 Å². The fourth-order valence-electron chi connectivity index (χ4n) is 4.31. The van der Waals surface area contributed by atoms with Crippen LogP contribution in [-0.4, -0.2) is 93.6 Å². The molecule has 0 spiro atoms. The monoisotopic (exact) mass is 516 g/mol. The molecule has 2 saturated heterocycles. The normalized spacial score (nSPS) is 17.1. The number of morpholine rings is 1. The summed E-state index contributed by atoms with van der Waals surface area (Å²) in [6.45, 7) is 9.40. The van der Waals surface area contributed by atoms with Crippen molar-refractivity contribution in [2.45, 2.75) is 32.8 Å². The summed E-state index contributed by atoms with van der Waals surface area (Å²) in [6.07, 6.45) is -3.19. The van der Waals surface area contributed by atoms with Gasteiger partial charge in [0.1, 0.15) is 5.60 Å². The van der Waals surface area contributed by atoms with E-state index in [9.17, 15) is 13.6 Å². The third-order valence-corrected chi connectivity index (χ3v) is 6.09. The van der Waals surface area contributed by atoms with E-state index in [1.54, 1.807) is 29.2 Å². The molecule has 11 nitrogen and oxygen atoms in total. The second-order valence-corrected chi connectivity index (χ2v) is 9.88. The van der Waals surface area contributed by atoms with E-state index in [0.717, 1.165) is 0 Å². The summed E-state index contributed by atoms with van der Waals surface area (Å²) >= 11 is 0. The van der Waals surface area contributed by atoms with Gasteiger partial charge in [0, 0.05) is 39.3 Å². The highest BCUT2D eigenvalue weighted by Crippen LogP contribution is 2.28. The Balaban J connectivity index is 1.50. The van der Waals surface area contributed by atoms with Gasteiger partial charge in [-0.15, -0.1) is 0 Å². The zero-order valence-electron chi connectivity index (χ0n) is 21.1. The predicted octanol–water partition coefficient (Wildman–Crippen LogP) is 3.04. The van der Waals surface area contributed by atoms with E-state index in [2.05, 4.69) is 15.0 Å². The number of ether oxygens (including phenoxy) is 2. The first-order chi connectivity index (χ1) is 17.7. The summed E-state index contributed by atoms with van der Waals surface area (Å²) < 4.78 is 40.4. The van der Waals surface area contributed by atoms with Crippen LogP contribution in [0.15, 0.2) is 24.3 Å². The number of fused-ring (bicyclic) bond motifs is 1. The standard InChI is InChI=1S/C24H30F2N8O3/c1-24(2,3)37-23(35)33-10-8-31(9-11-33)20-28-21(32-12-14-36-15-13-32)30-22(29-20)34-17-7-5-4-6-16(17)27-19(34)18(25)26/h4-7,18H,8-15H2,1-3H3. The van der Waals surface area contributed by atoms with Crippen molar-refractivity contribution in [1.29, 1.82) is 0 Å². The van der Waals surface area contributed by atoms with E-state index in [4.69, 9.17) is 14.5 Å². The molecule has 37 heavy (non-hydrogen) atoms. The van der Waals surface area contributed by atoms with E-state index in [1.165, 1.54) is 4.57 Å². The molecule has 3 aromatic rings. The number of alkyl halides is 2. The lowest BCUT2D eigenvalue weighted by Crippen LogP contribution is -2.50. The molecular formula is C24H30F2N8O3. The van der Waals surface area contributed by atoms with Crippen LogP contribution in [0.25, 0.3) is 17.0 Å². The molecule has 0 atom stereocenters. The third kappa shape index (κ3) is 5.41. The minimum absolute atomic E-state index is 0.0741. The minimum atomic E-state index is -2.82. The molecule has 0 saturated carbocycles. The SMILES string of the molecule is CC(C)(C)OC(=O)N1CCN(c2nc(N3CCOCC3)nc(-n3c(C(F)F)nc4ccccc43)n2)CC1. The molecule has 0 radical (unpaired) electrons. The van der Waals surface area contributed by atoms with Gasteiger partial charge in [-0.05, 0) is 32.9 Å². The molecule has 2 fully saturated rings. The molecule has 198 valence electrons. The molecule has 5 rings (SSSR count). The zero-order valence-corrected chi connectivity index (χ0v) is 21.1. The molecule has 1 amide bonds. The number of imidazole rings is 1. The number of benzene rings is 1. The summed E-state index contributed by atoms with van der Waals surface area (Å²) in [6, 6.07) is 6.90. The van der Waals surface area contributed by atoms with Crippen molar-refractivity contribution in [1.82, 2.24) is 29.4 Å². The average molecular weight is 517 g/mol. The lowest BCUT2D eigenvalue weighted by molar-refractivity contribution is 0.0240. The van der Waals surface area contributed by atoms with E-state index >= 15 is 0 Å². The Bertz CT molecular complexity index is 1260. The molecule has 2 aliphatic rings.